The molecule has 1 atom stereocenters. The van der Waals surface area contributed by atoms with Gasteiger partial charge in [-0.1, -0.05) is 0 Å². The molecule has 0 saturated heterocycles. The minimum absolute atomic E-state index is 0.108. The molecule has 0 saturated carbocycles. The van der Waals surface area contributed by atoms with Crippen molar-refractivity contribution in [1.82, 2.24) is 4.57 Å². The van der Waals surface area contributed by atoms with E-state index in [0.717, 1.165) is 17.2 Å². The van der Waals surface area contributed by atoms with Crippen molar-refractivity contribution in [2.75, 3.05) is 13.0 Å². The zero-order valence-electron chi connectivity index (χ0n) is 15.9. The van der Waals surface area contributed by atoms with Gasteiger partial charge in [-0.05, 0) is 39.3 Å². The number of fused-ring (bicyclic) bond motifs is 2. The number of ether oxygens (including phenoxy) is 3. The molecule has 1 aliphatic rings. The molecule has 8 nitrogen and oxygen atoms in total. The fraction of sp³-hybridized carbons (Fsp3) is 0.500. The predicted molar refractivity (Wildman–Crippen MR) is 98.8 cm³/mol. The summed E-state index contributed by atoms with van der Waals surface area (Å²) in [5.41, 5.74) is 0.678. The van der Waals surface area contributed by atoms with Gasteiger partial charge in [0.15, 0.2) is 11.5 Å². The monoisotopic (exact) mass is 397 g/mol. The molecule has 0 spiro atoms. The third kappa shape index (κ3) is 4.54. The van der Waals surface area contributed by atoms with E-state index >= 15 is 0 Å². The summed E-state index contributed by atoms with van der Waals surface area (Å²) in [5.74, 6) is 1.11. The van der Waals surface area contributed by atoms with Gasteiger partial charge in [0, 0.05) is 24.1 Å². The highest BCUT2D eigenvalue weighted by molar-refractivity contribution is 7.86. The smallest absolute Gasteiger partial charge is 0.419 e. The van der Waals surface area contributed by atoms with Crippen molar-refractivity contribution in [3.8, 4) is 11.5 Å². The second-order valence-electron chi connectivity index (χ2n) is 7.54. The fourth-order valence-corrected chi connectivity index (χ4v) is 3.61. The molecule has 1 aliphatic heterocycles. The van der Waals surface area contributed by atoms with Crippen LogP contribution in [0.25, 0.3) is 10.9 Å². The molecular weight excluding hydrogens is 374 g/mol. The van der Waals surface area contributed by atoms with Crippen LogP contribution in [0.1, 0.15) is 33.3 Å². The fourth-order valence-electron chi connectivity index (χ4n) is 2.95. The summed E-state index contributed by atoms with van der Waals surface area (Å²) in [4.78, 5) is 12.6. The van der Waals surface area contributed by atoms with Crippen molar-refractivity contribution in [2.45, 2.75) is 45.8 Å². The van der Waals surface area contributed by atoms with E-state index in [1.165, 1.54) is 4.57 Å². The van der Waals surface area contributed by atoms with Crippen LogP contribution in [-0.2, 0) is 25.5 Å². The summed E-state index contributed by atoms with van der Waals surface area (Å²) in [5, 5.41) is 0.745. The van der Waals surface area contributed by atoms with Crippen molar-refractivity contribution in [1.29, 1.82) is 0 Å². The normalized spacial score (nSPS) is 15.1. The van der Waals surface area contributed by atoms with Gasteiger partial charge in [-0.15, -0.1) is 0 Å². The van der Waals surface area contributed by atoms with Crippen LogP contribution in [0.4, 0.5) is 4.79 Å². The van der Waals surface area contributed by atoms with Gasteiger partial charge in [-0.2, -0.15) is 8.42 Å². The molecule has 2 heterocycles. The summed E-state index contributed by atoms with van der Waals surface area (Å²) < 4.78 is 45.5. The summed E-state index contributed by atoms with van der Waals surface area (Å²) in [6.07, 6.45) is 1.80. The predicted octanol–water partition coefficient (Wildman–Crippen LogP) is 3.06. The third-order valence-electron chi connectivity index (χ3n) is 3.82. The number of hydrogen-bond acceptors (Lipinski definition) is 7. The van der Waals surface area contributed by atoms with Crippen LogP contribution in [0.5, 0.6) is 11.5 Å². The highest BCUT2D eigenvalue weighted by atomic mass is 32.2. The largest absolute Gasteiger partial charge is 0.454 e. The molecule has 0 amide bonds. The molecule has 1 aromatic heterocycles. The minimum Gasteiger partial charge on any atom is -0.454 e. The topological polar surface area (TPSA) is 93.1 Å². The second-order valence-corrected chi connectivity index (χ2v) is 9.14. The van der Waals surface area contributed by atoms with Crippen LogP contribution in [0.2, 0.25) is 0 Å². The molecule has 0 fully saturated rings. The maximum Gasteiger partial charge on any atom is 0.419 e. The van der Waals surface area contributed by atoms with Gasteiger partial charge in [0.1, 0.15) is 5.60 Å². The number of carbonyl (C=O) groups is 1. The molecule has 1 aromatic carbocycles. The van der Waals surface area contributed by atoms with E-state index < -0.39 is 27.9 Å². The molecule has 27 heavy (non-hydrogen) atoms. The Morgan fingerprint density at radius 1 is 1.26 bits per heavy atom. The first-order chi connectivity index (χ1) is 12.4. The molecule has 0 radical (unpaired) electrons. The Bertz CT molecular complexity index is 985. The number of hydrogen-bond donors (Lipinski definition) is 0. The zero-order chi connectivity index (χ0) is 20.0. The van der Waals surface area contributed by atoms with Crippen LogP contribution in [-0.4, -0.2) is 43.8 Å². The van der Waals surface area contributed by atoms with Gasteiger partial charge < -0.3 is 14.2 Å². The Morgan fingerprint density at radius 2 is 1.89 bits per heavy atom. The average molecular weight is 397 g/mol. The maximum absolute atomic E-state index is 12.6. The number of benzene rings is 1. The van der Waals surface area contributed by atoms with E-state index in [2.05, 4.69) is 0 Å². The number of aromatic nitrogens is 1. The van der Waals surface area contributed by atoms with Gasteiger partial charge >= 0.3 is 6.09 Å². The maximum atomic E-state index is 12.6. The molecule has 0 bridgehead atoms. The summed E-state index contributed by atoms with van der Waals surface area (Å²) in [6, 6.07) is 3.49. The average Bonchev–Trinajstić information content (AvgIpc) is 3.06. The zero-order valence-corrected chi connectivity index (χ0v) is 16.8. The van der Waals surface area contributed by atoms with E-state index in [1.54, 1.807) is 46.0 Å². The first-order valence-corrected chi connectivity index (χ1v) is 10.3. The Balaban J connectivity index is 2.04. The molecule has 3 rings (SSSR count). The number of carbonyl (C=O) groups excluding carboxylic acids is 1. The van der Waals surface area contributed by atoms with Gasteiger partial charge in [0.25, 0.3) is 10.1 Å². The summed E-state index contributed by atoms with van der Waals surface area (Å²) >= 11 is 0. The number of rotatable bonds is 4. The number of nitrogens with zero attached hydrogens (tertiary/aromatic N) is 1. The first kappa shape index (κ1) is 19.5. The summed E-state index contributed by atoms with van der Waals surface area (Å²) in [6.45, 7) is 7.12. The van der Waals surface area contributed by atoms with E-state index in [1.807, 2.05) is 0 Å². The Kier molecular flexibility index (Phi) is 4.85. The van der Waals surface area contributed by atoms with Gasteiger partial charge in [0.05, 0.1) is 17.9 Å². The van der Waals surface area contributed by atoms with E-state index in [-0.39, 0.29) is 6.79 Å². The second kappa shape index (κ2) is 6.72. The molecular formula is C18H23NO7S. The van der Waals surface area contributed by atoms with Crippen LogP contribution < -0.4 is 9.47 Å². The lowest BCUT2D eigenvalue weighted by atomic mass is 10.1. The highest BCUT2D eigenvalue weighted by Crippen LogP contribution is 2.38. The van der Waals surface area contributed by atoms with Gasteiger partial charge in [-0.25, -0.2) is 4.79 Å². The van der Waals surface area contributed by atoms with Crippen molar-refractivity contribution >= 4 is 27.1 Å². The van der Waals surface area contributed by atoms with Crippen LogP contribution in [0, 0.1) is 0 Å². The minimum atomic E-state index is -3.58. The molecule has 9 heteroatoms. The Labute approximate surface area is 158 Å². The van der Waals surface area contributed by atoms with Crippen LogP contribution >= 0.6 is 0 Å². The molecule has 0 N–H and O–H groups in total. The summed E-state index contributed by atoms with van der Waals surface area (Å²) in [7, 11) is -3.58. The van der Waals surface area contributed by atoms with Crippen LogP contribution in [0.3, 0.4) is 0 Å². The van der Waals surface area contributed by atoms with E-state index in [9.17, 15) is 13.2 Å². The molecule has 148 valence electrons. The van der Waals surface area contributed by atoms with Crippen molar-refractivity contribution in [3.05, 3.63) is 23.9 Å². The SMILES string of the molecule is CC(Cc1cn(C(=O)OC(C)(C)C)c2cc3c(cc12)OCO3)OS(C)(=O)=O. The first-order valence-electron chi connectivity index (χ1n) is 8.48. The van der Waals surface area contributed by atoms with Gasteiger partial charge in [-0.3, -0.25) is 8.75 Å². The quantitative estimate of drug-likeness (QED) is 0.732. The van der Waals surface area contributed by atoms with Gasteiger partial charge in [0.2, 0.25) is 6.79 Å². The molecule has 0 aliphatic carbocycles. The van der Waals surface area contributed by atoms with E-state index in [4.69, 9.17) is 18.4 Å². The Hall–Kier alpha value is -2.26. The highest BCUT2D eigenvalue weighted by Gasteiger charge is 2.25. The Morgan fingerprint density at radius 3 is 2.48 bits per heavy atom. The van der Waals surface area contributed by atoms with Crippen LogP contribution in [0.15, 0.2) is 18.3 Å². The van der Waals surface area contributed by atoms with E-state index in [0.29, 0.717) is 23.4 Å². The molecule has 2 aromatic rings. The van der Waals surface area contributed by atoms with Crippen molar-refractivity contribution in [3.63, 3.8) is 0 Å². The lowest BCUT2D eigenvalue weighted by Crippen LogP contribution is -2.26. The van der Waals surface area contributed by atoms with Crippen molar-refractivity contribution < 1.29 is 31.6 Å². The van der Waals surface area contributed by atoms with Crippen molar-refractivity contribution in [2.24, 2.45) is 0 Å². The third-order valence-corrected chi connectivity index (χ3v) is 4.50. The lowest BCUT2D eigenvalue weighted by molar-refractivity contribution is 0.0544. The lowest BCUT2D eigenvalue weighted by Gasteiger charge is -2.19. The standard InChI is InChI=1S/C18H23NO7S/c1-11(26-27(5,21)22)6-12-9-19(17(20)25-18(2,3)4)14-8-16-15(7-13(12)14)23-10-24-16/h7-9,11H,6,10H2,1-5H3. The molecule has 1 unspecified atom stereocenters.